The van der Waals surface area contributed by atoms with E-state index in [1.165, 1.54) is 0 Å². The lowest BCUT2D eigenvalue weighted by molar-refractivity contribution is 0.518. The molecular weight excluding hydrogens is 228 g/mol. The van der Waals surface area contributed by atoms with Crippen molar-refractivity contribution in [3.8, 4) is 0 Å². The number of aromatic amines is 1. The van der Waals surface area contributed by atoms with E-state index in [2.05, 4.69) is 20.3 Å². The summed E-state index contributed by atoms with van der Waals surface area (Å²) in [5, 5.41) is 4.28. The molecule has 0 fully saturated rings. The van der Waals surface area contributed by atoms with Crippen molar-refractivity contribution in [1.82, 2.24) is 15.0 Å². The van der Waals surface area contributed by atoms with Crippen molar-refractivity contribution in [3.63, 3.8) is 0 Å². The molecule has 0 aliphatic heterocycles. The molecule has 3 rings (SSSR count). The number of furan rings is 1. The number of H-pyrrole nitrogens is 1. The monoisotopic (exact) mass is 242 g/mol. The summed E-state index contributed by atoms with van der Waals surface area (Å²) in [4.78, 5) is 12.0. The van der Waals surface area contributed by atoms with E-state index in [9.17, 15) is 0 Å². The van der Waals surface area contributed by atoms with Crippen LogP contribution >= 0.6 is 0 Å². The van der Waals surface area contributed by atoms with Crippen LogP contribution in [0.2, 0.25) is 0 Å². The Balaban J connectivity index is 1.95. The number of anilines is 1. The second-order valence-corrected chi connectivity index (χ2v) is 4.27. The van der Waals surface area contributed by atoms with Gasteiger partial charge in [0.05, 0.1) is 18.2 Å². The normalized spacial score (nSPS) is 11.0. The van der Waals surface area contributed by atoms with Crippen LogP contribution in [0.4, 0.5) is 5.82 Å². The van der Waals surface area contributed by atoms with Crippen molar-refractivity contribution in [3.05, 3.63) is 41.7 Å². The summed E-state index contributed by atoms with van der Waals surface area (Å²) in [7, 11) is 0. The van der Waals surface area contributed by atoms with Gasteiger partial charge in [0, 0.05) is 5.69 Å². The van der Waals surface area contributed by atoms with Gasteiger partial charge in [0.25, 0.3) is 0 Å². The molecule has 3 aromatic rings. The summed E-state index contributed by atoms with van der Waals surface area (Å²) in [5.74, 6) is 2.45. The van der Waals surface area contributed by atoms with E-state index in [0.29, 0.717) is 6.54 Å². The Kier molecular flexibility index (Phi) is 2.51. The number of hydrogen-bond acceptors (Lipinski definition) is 4. The van der Waals surface area contributed by atoms with Crippen LogP contribution in [-0.4, -0.2) is 15.0 Å². The first-order valence-corrected chi connectivity index (χ1v) is 5.82. The van der Waals surface area contributed by atoms with Gasteiger partial charge in [-0.2, -0.15) is 0 Å². The molecule has 0 atom stereocenters. The first-order valence-electron chi connectivity index (χ1n) is 5.82. The lowest BCUT2D eigenvalue weighted by Gasteiger charge is -2.05. The van der Waals surface area contributed by atoms with Gasteiger partial charge in [0.2, 0.25) is 0 Å². The van der Waals surface area contributed by atoms with Crippen molar-refractivity contribution in [2.24, 2.45) is 0 Å². The fraction of sp³-hybridized carbons (Fsp3) is 0.231. The van der Waals surface area contributed by atoms with Crippen molar-refractivity contribution in [2.45, 2.75) is 20.4 Å². The maximum absolute atomic E-state index is 5.29. The zero-order valence-electron chi connectivity index (χ0n) is 10.3. The maximum atomic E-state index is 5.29. The van der Waals surface area contributed by atoms with E-state index < -0.39 is 0 Å². The standard InChI is InChI=1S/C13H14N4O/c1-8-6-11-12(14-7-10-4-3-5-18-10)16-9(2)17-13(11)15-8/h3-6H,7H2,1-2H3,(H2,14,15,16,17). The summed E-state index contributed by atoms with van der Waals surface area (Å²) in [6.45, 7) is 4.50. The number of hydrogen-bond donors (Lipinski definition) is 2. The first kappa shape index (κ1) is 10.8. The third-order valence-corrected chi connectivity index (χ3v) is 2.74. The molecule has 3 heterocycles. The van der Waals surface area contributed by atoms with E-state index in [0.717, 1.165) is 34.1 Å². The number of aromatic nitrogens is 3. The number of nitrogens with one attached hydrogen (secondary N) is 2. The Morgan fingerprint density at radius 2 is 2.22 bits per heavy atom. The molecular formula is C13H14N4O. The summed E-state index contributed by atoms with van der Waals surface area (Å²) < 4.78 is 5.29. The molecule has 18 heavy (non-hydrogen) atoms. The molecule has 0 aliphatic carbocycles. The smallest absolute Gasteiger partial charge is 0.143 e. The lowest BCUT2D eigenvalue weighted by Crippen LogP contribution is -2.02. The van der Waals surface area contributed by atoms with Gasteiger partial charge in [0.15, 0.2) is 0 Å². The molecule has 5 heteroatoms. The first-order chi connectivity index (χ1) is 8.72. The summed E-state index contributed by atoms with van der Waals surface area (Å²) in [5.41, 5.74) is 1.94. The zero-order valence-corrected chi connectivity index (χ0v) is 10.3. The van der Waals surface area contributed by atoms with Crippen molar-refractivity contribution in [1.29, 1.82) is 0 Å². The average molecular weight is 242 g/mol. The fourth-order valence-electron chi connectivity index (χ4n) is 1.97. The van der Waals surface area contributed by atoms with Gasteiger partial charge in [-0.3, -0.25) is 0 Å². The Bertz CT molecular complexity index is 670. The van der Waals surface area contributed by atoms with Crippen LogP contribution in [0.25, 0.3) is 11.0 Å². The van der Waals surface area contributed by atoms with Crippen LogP contribution < -0.4 is 5.32 Å². The Hall–Kier alpha value is -2.30. The predicted molar refractivity (Wildman–Crippen MR) is 69.4 cm³/mol. The highest BCUT2D eigenvalue weighted by molar-refractivity contribution is 5.87. The highest BCUT2D eigenvalue weighted by atomic mass is 16.3. The van der Waals surface area contributed by atoms with Crippen LogP contribution in [0, 0.1) is 13.8 Å². The van der Waals surface area contributed by atoms with Crippen molar-refractivity contribution in [2.75, 3.05) is 5.32 Å². The summed E-state index contributed by atoms with van der Waals surface area (Å²) >= 11 is 0. The molecule has 92 valence electrons. The van der Waals surface area contributed by atoms with Crippen LogP contribution in [0.15, 0.2) is 28.9 Å². The van der Waals surface area contributed by atoms with Gasteiger partial charge in [-0.25, -0.2) is 9.97 Å². The fourth-order valence-corrected chi connectivity index (χ4v) is 1.97. The molecule has 0 saturated carbocycles. The third kappa shape index (κ3) is 1.95. The molecule has 0 aliphatic rings. The van der Waals surface area contributed by atoms with E-state index in [1.807, 2.05) is 32.0 Å². The van der Waals surface area contributed by atoms with Gasteiger partial charge in [0.1, 0.15) is 23.0 Å². The molecule has 0 radical (unpaired) electrons. The van der Waals surface area contributed by atoms with Crippen LogP contribution in [0.3, 0.4) is 0 Å². The van der Waals surface area contributed by atoms with Crippen LogP contribution in [0.5, 0.6) is 0 Å². The molecule has 0 amide bonds. The average Bonchev–Trinajstić information content (AvgIpc) is 2.93. The molecule has 0 spiro atoms. The Labute approximate surface area is 104 Å². The Morgan fingerprint density at radius 1 is 1.33 bits per heavy atom. The second kappa shape index (κ2) is 4.18. The second-order valence-electron chi connectivity index (χ2n) is 4.27. The highest BCUT2D eigenvalue weighted by Crippen LogP contribution is 2.21. The number of fused-ring (bicyclic) bond motifs is 1. The number of aryl methyl sites for hydroxylation is 2. The molecule has 0 saturated heterocycles. The highest BCUT2D eigenvalue weighted by Gasteiger charge is 2.08. The SMILES string of the molecule is Cc1nc(NCc2ccco2)c2cc(C)[nH]c2n1. The van der Waals surface area contributed by atoms with Crippen LogP contribution in [0.1, 0.15) is 17.3 Å². The van der Waals surface area contributed by atoms with Gasteiger partial charge < -0.3 is 14.7 Å². The van der Waals surface area contributed by atoms with Gasteiger partial charge >= 0.3 is 0 Å². The Morgan fingerprint density at radius 3 is 3.00 bits per heavy atom. The quantitative estimate of drug-likeness (QED) is 0.741. The van der Waals surface area contributed by atoms with E-state index in [-0.39, 0.29) is 0 Å². The maximum Gasteiger partial charge on any atom is 0.143 e. The predicted octanol–water partition coefficient (Wildman–Crippen LogP) is 2.78. The minimum absolute atomic E-state index is 0.614. The largest absolute Gasteiger partial charge is 0.467 e. The topological polar surface area (TPSA) is 66.7 Å². The molecule has 0 unspecified atom stereocenters. The number of rotatable bonds is 3. The van der Waals surface area contributed by atoms with Crippen LogP contribution in [-0.2, 0) is 6.54 Å². The van der Waals surface area contributed by atoms with Gasteiger partial charge in [-0.1, -0.05) is 0 Å². The zero-order chi connectivity index (χ0) is 12.5. The van der Waals surface area contributed by atoms with Crippen molar-refractivity contribution >= 4 is 16.9 Å². The van der Waals surface area contributed by atoms with E-state index >= 15 is 0 Å². The lowest BCUT2D eigenvalue weighted by atomic mass is 10.3. The van der Waals surface area contributed by atoms with E-state index in [4.69, 9.17) is 4.42 Å². The molecule has 0 aromatic carbocycles. The molecule has 2 N–H and O–H groups in total. The molecule has 0 bridgehead atoms. The minimum atomic E-state index is 0.614. The third-order valence-electron chi connectivity index (χ3n) is 2.74. The summed E-state index contributed by atoms with van der Waals surface area (Å²) in [6, 6.07) is 5.85. The van der Waals surface area contributed by atoms with Gasteiger partial charge in [-0.15, -0.1) is 0 Å². The van der Waals surface area contributed by atoms with E-state index in [1.54, 1.807) is 6.26 Å². The number of nitrogens with zero attached hydrogens (tertiary/aromatic N) is 2. The molecule has 3 aromatic heterocycles. The summed E-state index contributed by atoms with van der Waals surface area (Å²) in [6.07, 6.45) is 1.66. The van der Waals surface area contributed by atoms with Crippen molar-refractivity contribution < 1.29 is 4.42 Å². The van der Waals surface area contributed by atoms with Gasteiger partial charge in [-0.05, 0) is 32.0 Å². The molecule has 5 nitrogen and oxygen atoms in total. The minimum Gasteiger partial charge on any atom is -0.467 e.